The average molecular weight is 389 g/mol. The van der Waals surface area contributed by atoms with Gasteiger partial charge in [-0.3, -0.25) is 0 Å². The molecule has 4 aromatic rings. The van der Waals surface area contributed by atoms with E-state index in [4.69, 9.17) is 15.7 Å². The topological polar surface area (TPSA) is 94.0 Å². The van der Waals surface area contributed by atoms with Crippen LogP contribution < -0.4 is 11.1 Å². The fourth-order valence-electron chi connectivity index (χ4n) is 3.40. The van der Waals surface area contributed by atoms with Crippen LogP contribution in [0.15, 0.2) is 48.8 Å². The Morgan fingerprint density at radius 1 is 1.21 bits per heavy atom. The van der Waals surface area contributed by atoms with Gasteiger partial charge < -0.3 is 11.1 Å². The Balaban J connectivity index is 1.55. The second-order valence-electron chi connectivity index (χ2n) is 7.34. The molecule has 1 aromatic carbocycles. The zero-order valence-corrected chi connectivity index (χ0v) is 15.9. The van der Waals surface area contributed by atoms with Gasteiger partial charge in [0.05, 0.1) is 11.3 Å². The van der Waals surface area contributed by atoms with Crippen LogP contribution in [0.3, 0.4) is 0 Å². The predicted molar refractivity (Wildman–Crippen MR) is 109 cm³/mol. The fourth-order valence-corrected chi connectivity index (χ4v) is 3.40. The van der Waals surface area contributed by atoms with Crippen molar-refractivity contribution in [2.75, 3.05) is 11.1 Å². The number of halogens is 1. The summed E-state index contributed by atoms with van der Waals surface area (Å²) < 4.78 is 14.9. The van der Waals surface area contributed by atoms with Crippen molar-refractivity contribution in [2.24, 2.45) is 0 Å². The van der Waals surface area contributed by atoms with Crippen molar-refractivity contribution in [2.45, 2.75) is 31.7 Å². The van der Waals surface area contributed by atoms with Gasteiger partial charge in [0.25, 0.3) is 0 Å². The quantitative estimate of drug-likeness (QED) is 0.537. The molecule has 1 aliphatic carbocycles. The Hall–Kier alpha value is -3.55. The lowest BCUT2D eigenvalue weighted by Gasteiger charge is -2.16. The molecule has 1 atom stereocenters. The van der Waals surface area contributed by atoms with Crippen molar-refractivity contribution >= 4 is 17.3 Å². The van der Waals surface area contributed by atoms with Gasteiger partial charge in [-0.2, -0.15) is 0 Å². The summed E-state index contributed by atoms with van der Waals surface area (Å²) in [6.07, 6.45) is 5.68. The van der Waals surface area contributed by atoms with Crippen molar-refractivity contribution < 1.29 is 4.39 Å². The third-order valence-corrected chi connectivity index (χ3v) is 5.10. The molecule has 1 fully saturated rings. The van der Waals surface area contributed by atoms with Crippen molar-refractivity contribution in [3.05, 3.63) is 66.0 Å². The molecule has 0 spiro atoms. The largest absolute Gasteiger partial charge is 0.382 e. The first kappa shape index (κ1) is 17.5. The Labute approximate surface area is 166 Å². The number of benzene rings is 1. The molecule has 5 rings (SSSR count). The van der Waals surface area contributed by atoms with Gasteiger partial charge >= 0.3 is 0 Å². The van der Waals surface area contributed by atoms with E-state index in [0.29, 0.717) is 34.5 Å². The van der Waals surface area contributed by atoms with Crippen LogP contribution in [0.1, 0.15) is 43.1 Å². The molecule has 3 aromatic heterocycles. The molecule has 0 radical (unpaired) electrons. The highest BCUT2D eigenvalue weighted by molar-refractivity contribution is 5.85. The van der Waals surface area contributed by atoms with E-state index >= 15 is 0 Å². The van der Waals surface area contributed by atoms with Crippen molar-refractivity contribution in [1.82, 2.24) is 24.6 Å². The minimum absolute atomic E-state index is 0.0511. The molecule has 0 saturated heterocycles. The minimum atomic E-state index is -0.252. The summed E-state index contributed by atoms with van der Waals surface area (Å²) in [6, 6.07) is 10.1. The van der Waals surface area contributed by atoms with E-state index in [1.54, 1.807) is 35.1 Å². The molecule has 3 heterocycles. The van der Waals surface area contributed by atoms with Crippen LogP contribution in [-0.2, 0) is 0 Å². The number of hydrogen-bond acceptors (Lipinski definition) is 6. The van der Waals surface area contributed by atoms with Crippen LogP contribution in [0.5, 0.6) is 0 Å². The molecule has 0 aliphatic heterocycles. The highest BCUT2D eigenvalue weighted by atomic mass is 19.1. The Morgan fingerprint density at radius 3 is 2.76 bits per heavy atom. The number of aromatic nitrogens is 5. The zero-order chi connectivity index (χ0) is 20.0. The average Bonchev–Trinajstić information content (AvgIpc) is 3.50. The molecule has 0 bridgehead atoms. The zero-order valence-electron chi connectivity index (χ0n) is 15.9. The smallest absolute Gasteiger partial charge is 0.166 e. The van der Waals surface area contributed by atoms with Gasteiger partial charge in [-0.15, -0.1) is 5.10 Å². The van der Waals surface area contributed by atoms with Crippen LogP contribution in [0.2, 0.25) is 0 Å². The molecule has 1 saturated carbocycles. The Kier molecular flexibility index (Phi) is 4.12. The van der Waals surface area contributed by atoms with Gasteiger partial charge in [-0.25, -0.2) is 23.9 Å². The van der Waals surface area contributed by atoms with Crippen molar-refractivity contribution in [3.8, 4) is 11.3 Å². The number of nitrogens with zero attached hydrogens (tertiary/aromatic N) is 5. The van der Waals surface area contributed by atoms with Crippen molar-refractivity contribution in [1.29, 1.82) is 0 Å². The summed E-state index contributed by atoms with van der Waals surface area (Å²) in [7, 11) is 0. The molecular formula is C21H20FN7. The van der Waals surface area contributed by atoms with Gasteiger partial charge in [0.1, 0.15) is 17.5 Å². The number of fused-ring (bicyclic) bond motifs is 1. The molecular weight excluding hydrogens is 369 g/mol. The number of hydrogen-bond donors (Lipinski definition) is 2. The summed E-state index contributed by atoms with van der Waals surface area (Å²) in [4.78, 5) is 13.9. The SMILES string of the molecule is C[C@H](Nc1cc(-c2c(N)nn3cccnc23)nc(C2CC2)n1)c1ccc(F)cc1. The normalized spacial score (nSPS) is 14.8. The number of nitrogen functional groups attached to an aromatic ring is 1. The number of rotatable bonds is 5. The van der Waals surface area contributed by atoms with Gasteiger partial charge in [0, 0.05) is 30.4 Å². The first-order valence-electron chi connectivity index (χ1n) is 9.58. The summed E-state index contributed by atoms with van der Waals surface area (Å²) >= 11 is 0. The summed E-state index contributed by atoms with van der Waals surface area (Å²) in [5.41, 5.74) is 9.22. The standard InChI is InChI=1S/C21H20FN7/c1-12(13-5-7-15(22)8-6-13)25-17-11-16(26-20(27-17)14-3-4-14)18-19(23)28-29-10-2-9-24-21(18)29/h2,5-12,14H,3-4H2,1H3,(H2,23,28)(H,25,26,27)/t12-/m0/s1. The number of anilines is 2. The molecule has 7 nitrogen and oxygen atoms in total. The summed E-state index contributed by atoms with van der Waals surface area (Å²) in [5.74, 6) is 1.99. The van der Waals surface area contributed by atoms with E-state index in [-0.39, 0.29) is 11.9 Å². The van der Waals surface area contributed by atoms with Gasteiger partial charge in [0.2, 0.25) is 0 Å². The lowest BCUT2D eigenvalue weighted by Crippen LogP contribution is -2.10. The van der Waals surface area contributed by atoms with E-state index in [1.165, 1.54) is 12.1 Å². The van der Waals surface area contributed by atoms with Crippen LogP contribution in [0.4, 0.5) is 16.0 Å². The van der Waals surface area contributed by atoms with E-state index in [1.807, 2.05) is 13.0 Å². The van der Waals surface area contributed by atoms with Gasteiger partial charge in [0.15, 0.2) is 11.5 Å². The third kappa shape index (κ3) is 3.37. The lowest BCUT2D eigenvalue weighted by atomic mass is 10.1. The van der Waals surface area contributed by atoms with E-state index in [9.17, 15) is 4.39 Å². The maximum Gasteiger partial charge on any atom is 0.166 e. The first-order chi connectivity index (χ1) is 14.1. The van der Waals surface area contributed by atoms with Crippen LogP contribution in [0.25, 0.3) is 16.9 Å². The molecule has 146 valence electrons. The van der Waals surface area contributed by atoms with E-state index in [0.717, 1.165) is 24.2 Å². The molecule has 3 N–H and O–H groups in total. The number of nitrogens with two attached hydrogens (primary N) is 1. The summed E-state index contributed by atoms with van der Waals surface area (Å²) in [6.45, 7) is 2.01. The van der Waals surface area contributed by atoms with Crippen LogP contribution in [-0.4, -0.2) is 24.6 Å². The maximum atomic E-state index is 13.2. The fraction of sp³-hybridized carbons (Fsp3) is 0.238. The Morgan fingerprint density at radius 2 is 2.00 bits per heavy atom. The van der Waals surface area contributed by atoms with Crippen LogP contribution in [0, 0.1) is 5.82 Å². The molecule has 0 amide bonds. The highest BCUT2D eigenvalue weighted by Crippen LogP contribution is 2.40. The van der Waals surface area contributed by atoms with E-state index < -0.39 is 0 Å². The van der Waals surface area contributed by atoms with Crippen LogP contribution >= 0.6 is 0 Å². The maximum absolute atomic E-state index is 13.2. The predicted octanol–water partition coefficient (Wildman–Crippen LogP) is 3.96. The minimum Gasteiger partial charge on any atom is -0.382 e. The Bertz CT molecular complexity index is 1180. The number of nitrogens with one attached hydrogen (secondary N) is 1. The van der Waals surface area contributed by atoms with Gasteiger partial charge in [-0.1, -0.05) is 12.1 Å². The second kappa shape index (κ2) is 6.80. The third-order valence-electron chi connectivity index (χ3n) is 5.10. The monoisotopic (exact) mass is 389 g/mol. The van der Waals surface area contributed by atoms with E-state index in [2.05, 4.69) is 15.4 Å². The van der Waals surface area contributed by atoms with Crippen molar-refractivity contribution in [3.63, 3.8) is 0 Å². The molecule has 8 heteroatoms. The molecule has 0 unspecified atom stereocenters. The van der Waals surface area contributed by atoms with Gasteiger partial charge in [-0.05, 0) is 43.5 Å². The second-order valence-corrected chi connectivity index (χ2v) is 7.34. The highest BCUT2D eigenvalue weighted by Gasteiger charge is 2.28. The lowest BCUT2D eigenvalue weighted by molar-refractivity contribution is 0.626. The molecule has 29 heavy (non-hydrogen) atoms. The first-order valence-corrected chi connectivity index (χ1v) is 9.58. The summed E-state index contributed by atoms with van der Waals surface area (Å²) in [5, 5.41) is 7.75. The molecule has 1 aliphatic rings.